The summed E-state index contributed by atoms with van der Waals surface area (Å²) in [5.41, 5.74) is 1.27. The molecule has 1 heterocycles. The summed E-state index contributed by atoms with van der Waals surface area (Å²) in [5, 5.41) is 3.72. The first-order valence-corrected chi connectivity index (χ1v) is 10.0. The fourth-order valence-electron chi connectivity index (χ4n) is 4.29. The monoisotopic (exact) mass is 359 g/mol. The van der Waals surface area contributed by atoms with E-state index in [9.17, 15) is 0 Å². The molecule has 1 aliphatic carbocycles. The highest BCUT2D eigenvalue weighted by atomic mass is 16.7. The van der Waals surface area contributed by atoms with E-state index in [0.29, 0.717) is 5.92 Å². The van der Waals surface area contributed by atoms with Crippen molar-refractivity contribution >= 4 is 0 Å². The van der Waals surface area contributed by atoms with Gasteiger partial charge in [-0.1, -0.05) is 24.6 Å². The number of rotatable bonds is 8. The van der Waals surface area contributed by atoms with Gasteiger partial charge < -0.3 is 19.5 Å². The van der Waals surface area contributed by atoms with Crippen molar-refractivity contribution in [2.24, 2.45) is 5.92 Å². The lowest BCUT2D eigenvalue weighted by molar-refractivity contribution is -0.306. The first-order valence-electron chi connectivity index (χ1n) is 10.0. The predicted molar refractivity (Wildman–Crippen MR) is 104 cm³/mol. The van der Waals surface area contributed by atoms with Crippen LogP contribution in [0.25, 0.3) is 0 Å². The van der Waals surface area contributed by atoms with Crippen molar-refractivity contribution in [1.82, 2.24) is 5.32 Å². The second-order valence-electron chi connectivity index (χ2n) is 7.40. The zero-order valence-electron chi connectivity index (χ0n) is 16.0. The van der Waals surface area contributed by atoms with E-state index in [4.69, 9.17) is 14.2 Å². The van der Waals surface area contributed by atoms with Crippen molar-refractivity contribution < 1.29 is 14.2 Å². The van der Waals surface area contributed by atoms with Crippen LogP contribution in [-0.2, 0) is 9.47 Å². The number of nitrogens with one attached hydrogen (secondary N) is 1. The molecule has 1 spiro atoms. The molecule has 1 unspecified atom stereocenters. The van der Waals surface area contributed by atoms with Gasteiger partial charge in [0, 0.05) is 18.4 Å². The summed E-state index contributed by atoms with van der Waals surface area (Å²) in [7, 11) is 1.70. The molecule has 2 fully saturated rings. The Morgan fingerprint density at radius 2 is 2.00 bits per heavy atom. The minimum absolute atomic E-state index is 0.283. The third-order valence-electron chi connectivity index (χ3n) is 5.74. The summed E-state index contributed by atoms with van der Waals surface area (Å²) in [6, 6.07) is 8.59. The molecule has 0 radical (unpaired) electrons. The van der Waals surface area contributed by atoms with Crippen molar-refractivity contribution in [2.75, 3.05) is 26.9 Å². The Balaban J connectivity index is 1.57. The van der Waals surface area contributed by atoms with Crippen LogP contribution in [0.15, 0.2) is 36.9 Å². The van der Waals surface area contributed by atoms with E-state index in [-0.39, 0.29) is 11.8 Å². The van der Waals surface area contributed by atoms with Crippen molar-refractivity contribution in [1.29, 1.82) is 0 Å². The van der Waals surface area contributed by atoms with Crippen molar-refractivity contribution in [3.05, 3.63) is 42.5 Å². The molecule has 4 heteroatoms. The molecule has 26 heavy (non-hydrogen) atoms. The van der Waals surface area contributed by atoms with E-state index in [1.54, 1.807) is 7.11 Å². The van der Waals surface area contributed by atoms with E-state index in [1.165, 1.54) is 24.8 Å². The maximum absolute atomic E-state index is 6.15. The maximum atomic E-state index is 6.15. The lowest BCUT2D eigenvalue weighted by atomic mass is 9.80. The van der Waals surface area contributed by atoms with E-state index >= 15 is 0 Å². The molecule has 3 rings (SSSR count). The molecule has 1 aromatic rings. The number of benzene rings is 1. The van der Waals surface area contributed by atoms with Gasteiger partial charge in [0.2, 0.25) is 0 Å². The Bertz CT molecular complexity index is 543. The normalized spacial score (nSPS) is 23.5. The van der Waals surface area contributed by atoms with Gasteiger partial charge in [-0.3, -0.25) is 0 Å². The molecule has 0 aromatic heterocycles. The van der Waals surface area contributed by atoms with E-state index in [0.717, 1.165) is 51.2 Å². The number of hydrogen-bond acceptors (Lipinski definition) is 4. The van der Waals surface area contributed by atoms with Crippen LogP contribution in [0.1, 0.15) is 56.6 Å². The highest BCUT2D eigenvalue weighted by Gasteiger charge is 2.43. The average molecular weight is 360 g/mol. The van der Waals surface area contributed by atoms with Gasteiger partial charge in [0.05, 0.1) is 20.3 Å². The standard InChI is InChI=1S/C22H33NO3/c1-3-7-21(18-9-11-20(24-2)12-10-18)23-15-13-19-8-4-5-14-22(19)25-16-6-17-26-22/h3,9-12,19,21,23H,1,4-8,13-17H2,2H3/t19?,21-/m1/s1. The third-order valence-corrected chi connectivity index (χ3v) is 5.74. The number of methoxy groups -OCH3 is 1. The number of hydrogen-bond donors (Lipinski definition) is 1. The molecule has 144 valence electrons. The highest BCUT2D eigenvalue weighted by Crippen LogP contribution is 2.41. The molecule has 4 nitrogen and oxygen atoms in total. The molecular formula is C22H33NO3. The Hall–Kier alpha value is -1.36. The summed E-state index contributed by atoms with van der Waals surface area (Å²) in [6.07, 6.45) is 9.76. The first-order chi connectivity index (χ1) is 12.8. The van der Waals surface area contributed by atoms with Gasteiger partial charge in [-0.15, -0.1) is 6.58 Å². The Labute approximate surface area is 157 Å². The van der Waals surface area contributed by atoms with Crippen LogP contribution < -0.4 is 10.1 Å². The summed E-state index contributed by atoms with van der Waals surface area (Å²) in [6.45, 7) is 6.57. The van der Waals surface area contributed by atoms with Crippen molar-refractivity contribution in [3.63, 3.8) is 0 Å². The third kappa shape index (κ3) is 4.67. The SMILES string of the molecule is C=CC[C@@H](NCCC1CCCCC12OCCCO2)c1ccc(OC)cc1. The Kier molecular flexibility index (Phi) is 7.12. The predicted octanol–water partition coefficient (Wildman–Crippen LogP) is 4.62. The van der Waals surface area contributed by atoms with Crippen LogP contribution in [0.2, 0.25) is 0 Å². The smallest absolute Gasteiger partial charge is 0.171 e. The van der Waals surface area contributed by atoms with Gasteiger partial charge in [0.25, 0.3) is 0 Å². The molecule has 0 amide bonds. The van der Waals surface area contributed by atoms with Crippen molar-refractivity contribution in [2.45, 2.75) is 56.8 Å². The molecule has 1 saturated heterocycles. The van der Waals surface area contributed by atoms with Gasteiger partial charge in [-0.2, -0.15) is 0 Å². The lowest BCUT2D eigenvalue weighted by Gasteiger charge is -2.46. The van der Waals surface area contributed by atoms with Gasteiger partial charge >= 0.3 is 0 Å². The fourth-order valence-corrected chi connectivity index (χ4v) is 4.29. The molecule has 2 atom stereocenters. The summed E-state index contributed by atoms with van der Waals surface area (Å²) < 4.78 is 17.6. The summed E-state index contributed by atoms with van der Waals surface area (Å²) in [4.78, 5) is 0. The minimum atomic E-state index is -0.313. The van der Waals surface area contributed by atoms with E-state index in [1.807, 2.05) is 18.2 Å². The quantitative estimate of drug-likeness (QED) is 0.688. The van der Waals surface area contributed by atoms with E-state index in [2.05, 4.69) is 24.0 Å². The summed E-state index contributed by atoms with van der Waals surface area (Å²) in [5.74, 6) is 1.07. The molecule has 1 aromatic carbocycles. The van der Waals surface area contributed by atoms with Crippen LogP contribution in [0.5, 0.6) is 5.75 Å². The molecule has 1 saturated carbocycles. The first kappa shape index (κ1) is 19.4. The van der Waals surface area contributed by atoms with Crippen LogP contribution in [0, 0.1) is 5.92 Å². The van der Waals surface area contributed by atoms with Crippen molar-refractivity contribution in [3.8, 4) is 5.75 Å². The fraction of sp³-hybridized carbons (Fsp3) is 0.636. The highest BCUT2D eigenvalue weighted by molar-refractivity contribution is 5.29. The van der Waals surface area contributed by atoms with Gasteiger partial charge in [0.1, 0.15) is 5.75 Å². The van der Waals surface area contributed by atoms with Crippen LogP contribution in [0.4, 0.5) is 0 Å². The molecule has 0 bridgehead atoms. The lowest BCUT2D eigenvalue weighted by Crippen LogP contribution is -2.49. The Morgan fingerprint density at radius 1 is 1.23 bits per heavy atom. The van der Waals surface area contributed by atoms with Gasteiger partial charge in [-0.05, 0) is 56.3 Å². The molecule has 1 aliphatic heterocycles. The average Bonchev–Trinajstić information content (AvgIpc) is 2.69. The maximum Gasteiger partial charge on any atom is 0.171 e. The van der Waals surface area contributed by atoms with Crippen LogP contribution >= 0.6 is 0 Å². The minimum Gasteiger partial charge on any atom is -0.497 e. The molecular weight excluding hydrogens is 326 g/mol. The Morgan fingerprint density at radius 3 is 2.69 bits per heavy atom. The van der Waals surface area contributed by atoms with Crippen LogP contribution in [-0.4, -0.2) is 32.7 Å². The largest absolute Gasteiger partial charge is 0.497 e. The molecule has 2 aliphatic rings. The van der Waals surface area contributed by atoms with Gasteiger partial charge in [-0.25, -0.2) is 0 Å². The topological polar surface area (TPSA) is 39.7 Å². The zero-order valence-corrected chi connectivity index (χ0v) is 16.0. The van der Waals surface area contributed by atoms with Gasteiger partial charge in [0.15, 0.2) is 5.79 Å². The molecule has 1 N–H and O–H groups in total. The number of ether oxygens (including phenoxy) is 3. The second-order valence-corrected chi connectivity index (χ2v) is 7.40. The van der Waals surface area contributed by atoms with Crippen LogP contribution in [0.3, 0.4) is 0 Å². The summed E-state index contributed by atoms with van der Waals surface area (Å²) >= 11 is 0. The zero-order chi connectivity index (χ0) is 18.2. The van der Waals surface area contributed by atoms with E-state index < -0.39 is 0 Å². The second kappa shape index (κ2) is 9.54.